The molecule has 6 heteroatoms. The summed E-state index contributed by atoms with van der Waals surface area (Å²) >= 11 is 0. The maximum absolute atomic E-state index is 14.9. The number of ketones is 2. The molecule has 6 aliphatic rings. The number of hydrogen-bond donors (Lipinski definition) is 1. The van der Waals surface area contributed by atoms with Gasteiger partial charge in [0.05, 0.1) is 12.0 Å². The number of carbonyl (C=O) groups excluding carboxylic acids is 2. The zero-order valence-corrected chi connectivity index (χ0v) is 24.7. The van der Waals surface area contributed by atoms with Crippen molar-refractivity contribution in [3.8, 4) is 0 Å². The predicted molar refractivity (Wildman–Crippen MR) is 155 cm³/mol. The Labute approximate surface area is 241 Å². The van der Waals surface area contributed by atoms with Crippen LogP contribution in [-0.4, -0.2) is 53.5 Å². The van der Waals surface area contributed by atoms with E-state index >= 15 is 0 Å². The summed E-state index contributed by atoms with van der Waals surface area (Å²) in [4.78, 5) is 34.6. The van der Waals surface area contributed by atoms with E-state index < -0.39 is 11.5 Å². The Morgan fingerprint density at radius 3 is 2.23 bits per heavy atom. The van der Waals surface area contributed by atoms with Crippen LogP contribution in [0.3, 0.4) is 0 Å². The Morgan fingerprint density at radius 1 is 0.850 bits per heavy atom. The van der Waals surface area contributed by atoms with Crippen LogP contribution in [0.1, 0.15) is 128 Å². The van der Waals surface area contributed by atoms with E-state index in [0.717, 1.165) is 95.8 Å². The minimum atomic E-state index is -0.848. The summed E-state index contributed by atoms with van der Waals surface area (Å²) in [6.07, 6.45) is 21.3. The molecule has 1 N–H and O–H groups in total. The topological polar surface area (TPSA) is 85.2 Å². The van der Waals surface area contributed by atoms with Gasteiger partial charge in [-0.05, 0) is 88.4 Å². The van der Waals surface area contributed by atoms with Crippen LogP contribution in [0, 0.1) is 35.5 Å². The van der Waals surface area contributed by atoms with E-state index in [-0.39, 0.29) is 48.1 Å². The van der Waals surface area contributed by atoms with Gasteiger partial charge >= 0.3 is 0 Å². The molecule has 1 spiro atoms. The molecule has 5 atom stereocenters. The molecule has 5 saturated carbocycles. The predicted octanol–water partition coefficient (Wildman–Crippen LogP) is 6.61. The van der Waals surface area contributed by atoms with Crippen molar-refractivity contribution in [1.29, 1.82) is 0 Å². The lowest BCUT2D eigenvalue weighted by Crippen LogP contribution is -2.61. The van der Waals surface area contributed by atoms with Gasteiger partial charge in [0, 0.05) is 25.0 Å². The molecule has 40 heavy (non-hydrogen) atoms. The molecular weight excluding hydrogens is 502 g/mol. The average Bonchev–Trinajstić information content (AvgIpc) is 3.39. The molecular formula is C34H53NO5. The summed E-state index contributed by atoms with van der Waals surface area (Å²) in [5, 5.41) is 9.09. The first-order chi connectivity index (χ1) is 19.6. The Kier molecular flexibility index (Phi) is 9.32. The molecule has 224 valence electrons. The fourth-order valence-corrected chi connectivity index (χ4v) is 9.65. The SMILES string of the molecule is O=C(C1CCCCC1)C1C(=O)C2(CC3CCCCC31)N=C(C1CCC(OCCCO)CC1)O[C@H]2C1CCCCC1. The average molecular weight is 556 g/mol. The number of rotatable bonds is 8. The monoisotopic (exact) mass is 555 g/mol. The molecule has 0 aromatic carbocycles. The fraction of sp³-hybridized carbons (Fsp3) is 0.912. The third-order valence-electron chi connectivity index (χ3n) is 11.8. The summed E-state index contributed by atoms with van der Waals surface area (Å²) in [7, 11) is 0. The number of nitrogens with zero attached hydrogens (tertiary/aromatic N) is 1. The Hall–Kier alpha value is -1.27. The van der Waals surface area contributed by atoms with Crippen molar-refractivity contribution in [2.45, 2.75) is 146 Å². The Morgan fingerprint density at radius 2 is 1.50 bits per heavy atom. The van der Waals surface area contributed by atoms with Crippen molar-refractivity contribution < 1.29 is 24.2 Å². The summed E-state index contributed by atoms with van der Waals surface area (Å²) < 4.78 is 12.9. The molecule has 0 bridgehead atoms. The van der Waals surface area contributed by atoms with Gasteiger partial charge in [-0.1, -0.05) is 57.8 Å². The zero-order valence-electron chi connectivity index (χ0n) is 24.7. The standard InChI is InChI=1S/C34H53NO5/c36-20-9-21-39-27-18-16-25(17-19-27)33-35-34(32(40-33)24-12-5-2-6-13-24)22-26-14-7-8-15-28(26)29(31(34)38)30(37)23-10-3-1-4-11-23/h23-29,32,36H,1-22H2/t25?,26?,27?,28?,29?,32-,34?/m0/s1. The van der Waals surface area contributed by atoms with Crippen LogP contribution in [0.2, 0.25) is 0 Å². The minimum absolute atomic E-state index is 0.0699. The van der Waals surface area contributed by atoms with E-state index in [0.29, 0.717) is 24.9 Å². The highest BCUT2D eigenvalue weighted by Crippen LogP contribution is 2.54. The van der Waals surface area contributed by atoms with Gasteiger partial charge in [-0.15, -0.1) is 0 Å². The lowest BCUT2D eigenvalue weighted by atomic mass is 9.54. The molecule has 4 unspecified atom stereocenters. The van der Waals surface area contributed by atoms with Gasteiger partial charge in [0.15, 0.2) is 17.2 Å². The normalized spacial score (nSPS) is 39.5. The highest BCUT2D eigenvalue weighted by atomic mass is 16.5. The number of fused-ring (bicyclic) bond motifs is 1. The van der Waals surface area contributed by atoms with Gasteiger partial charge in [0.2, 0.25) is 0 Å². The molecule has 1 heterocycles. The lowest BCUT2D eigenvalue weighted by molar-refractivity contribution is -0.151. The number of aliphatic imine (C=N–C) groups is 1. The van der Waals surface area contributed by atoms with E-state index in [2.05, 4.69) is 0 Å². The largest absolute Gasteiger partial charge is 0.474 e. The third kappa shape index (κ3) is 5.70. The molecule has 0 aromatic heterocycles. The highest BCUT2D eigenvalue weighted by Gasteiger charge is 2.64. The first kappa shape index (κ1) is 28.8. The van der Waals surface area contributed by atoms with E-state index in [1.165, 1.54) is 32.1 Å². The van der Waals surface area contributed by atoms with E-state index in [4.69, 9.17) is 19.6 Å². The molecule has 5 fully saturated rings. The molecule has 0 radical (unpaired) electrons. The van der Waals surface area contributed by atoms with Gasteiger partial charge in [0.1, 0.15) is 11.9 Å². The van der Waals surface area contributed by atoms with Crippen LogP contribution in [0.5, 0.6) is 0 Å². The summed E-state index contributed by atoms with van der Waals surface area (Å²) in [6.45, 7) is 0.786. The van der Waals surface area contributed by atoms with Crippen molar-refractivity contribution in [3.05, 3.63) is 0 Å². The second-order valence-corrected chi connectivity index (χ2v) is 14.2. The summed E-state index contributed by atoms with van der Waals surface area (Å²) in [5.74, 6) is 2.10. The quantitative estimate of drug-likeness (QED) is 0.269. The van der Waals surface area contributed by atoms with Crippen molar-refractivity contribution in [3.63, 3.8) is 0 Å². The fourth-order valence-electron chi connectivity index (χ4n) is 9.65. The summed E-state index contributed by atoms with van der Waals surface area (Å²) in [5.41, 5.74) is -0.848. The molecule has 1 aliphatic heterocycles. The Balaban J connectivity index is 1.28. The smallest absolute Gasteiger partial charge is 0.187 e. The van der Waals surface area contributed by atoms with E-state index in [1.807, 2.05) is 0 Å². The van der Waals surface area contributed by atoms with E-state index in [9.17, 15) is 9.59 Å². The lowest BCUT2D eigenvalue weighted by Gasteiger charge is -2.49. The minimum Gasteiger partial charge on any atom is -0.474 e. The first-order valence-corrected chi connectivity index (χ1v) is 17.2. The molecule has 5 aliphatic carbocycles. The van der Waals surface area contributed by atoms with Crippen molar-refractivity contribution >= 4 is 17.5 Å². The molecule has 6 rings (SSSR count). The van der Waals surface area contributed by atoms with Crippen LogP contribution < -0.4 is 0 Å². The van der Waals surface area contributed by atoms with Gasteiger partial charge in [-0.2, -0.15) is 0 Å². The maximum atomic E-state index is 14.9. The van der Waals surface area contributed by atoms with Gasteiger partial charge < -0.3 is 14.6 Å². The summed E-state index contributed by atoms with van der Waals surface area (Å²) in [6, 6.07) is 0. The molecule has 0 aromatic rings. The van der Waals surface area contributed by atoms with Gasteiger partial charge in [-0.25, -0.2) is 4.99 Å². The van der Waals surface area contributed by atoms with Gasteiger partial charge in [-0.3, -0.25) is 9.59 Å². The molecule has 6 nitrogen and oxygen atoms in total. The van der Waals surface area contributed by atoms with Crippen LogP contribution in [-0.2, 0) is 19.1 Å². The highest BCUT2D eigenvalue weighted by molar-refractivity contribution is 6.10. The number of ether oxygens (including phenoxy) is 2. The van der Waals surface area contributed by atoms with Crippen molar-refractivity contribution in [2.75, 3.05) is 13.2 Å². The van der Waals surface area contributed by atoms with Crippen LogP contribution in [0.25, 0.3) is 0 Å². The number of Topliss-reactive ketones (excluding diaryl/α,β-unsaturated/α-hetero) is 2. The number of hydrogen-bond acceptors (Lipinski definition) is 6. The van der Waals surface area contributed by atoms with Gasteiger partial charge in [0.25, 0.3) is 0 Å². The van der Waals surface area contributed by atoms with Crippen LogP contribution >= 0.6 is 0 Å². The molecule has 0 saturated heterocycles. The number of carbonyl (C=O) groups is 2. The Bertz CT molecular complexity index is 913. The molecule has 0 amide bonds. The number of aliphatic hydroxyl groups excluding tert-OH is 1. The van der Waals surface area contributed by atoms with Crippen molar-refractivity contribution in [1.82, 2.24) is 0 Å². The second-order valence-electron chi connectivity index (χ2n) is 14.2. The van der Waals surface area contributed by atoms with Crippen LogP contribution in [0.15, 0.2) is 4.99 Å². The van der Waals surface area contributed by atoms with Crippen molar-refractivity contribution in [2.24, 2.45) is 40.5 Å². The maximum Gasteiger partial charge on any atom is 0.187 e. The zero-order chi connectivity index (χ0) is 27.5. The van der Waals surface area contributed by atoms with E-state index in [1.54, 1.807) is 0 Å². The number of aliphatic hydroxyl groups is 1. The third-order valence-corrected chi connectivity index (χ3v) is 11.8. The first-order valence-electron chi connectivity index (χ1n) is 17.2. The second kappa shape index (κ2) is 12.9. The van der Waals surface area contributed by atoms with Crippen LogP contribution in [0.4, 0.5) is 0 Å².